The van der Waals surface area contributed by atoms with Crippen LogP contribution in [0.1, 0.15) is 65.8 Å². The van der Waals surface area contributed by atoms with Crippen molar-refractivity contribution in [3.8, 4) is 5.75 Å². The van der Waals surface area contributed by atoms with Crippen LogP contribution in [0, 0.1) is 13.8 Å². The van der Waals surface area contributed by atoms with Crippen molar-refractivity contribution in [3.05, 3.63) is 46.8 Å². The van der Waals surface area contributed by atoms with Gasteiger partial charge in [-0.05, 0) is 65.8 Å². The number of aromatic nitrogens is 1. The van der Waals surface area contributed by atoms with E-state index in [1.807, 2.05) is 32.3 Å². The zero-order valence-electron chi connectivity index (χ0n) is 19.0. The number of carbonyl (C=O) groups excluding carboxylic acids is 2. The third-order valence-corrected chi connectivity index (χ3v) is 6.39. The number of nitrogens with one attached hydrogen (secondary N) is 1. The van der Waals surface area contributed by atoms with E-state index < -0.39 is 22.6 Å². The van der Waals surface area contributed by atoms with Gasteiger partial charge >= 0.3 is 5.97 Å². The summed E-state index contributed by atoms with van der Waals surface area (Å²) in [6.07, 6.45) is 0. The molecule has 9 heteroatoms. The Morgan fingerprint density at radius 2 is 1.74 bits per heavy atom. The van der Waals surface area contributed by atoms with Crippen LogP contribution < -0.4 is 9.46 Å². The summed E-state index contributed by atoms with van der Waals surface area (Å²) >= 11 is 0. The molecule has 0 amide bonds. The fraction of sp³-hybridized carbons (Fsp3) is 0.455. The molecule has 170 valence electrons. The molecule has 0 bridgehead atoms. The number of carbonyl (C=O) groups is 2. The van der Waals surface area contributed by atoms with Gasteiger partial charge in [-0.2, -0.15) is 0 Å². The van der Waals surface area contributed by atoms with E-state index in [1.54, 1.807) is 19.9 Å². The first kappa shape index (κ1) is 24.6. The van der Waals surface area contributed by atoms with Gasteiger partial charge in [-0.3, -0.25) is 4.79 Å². The molecule has 0 aliphatic carbocycles. The molecule has 1 N–H and O–H groups in total. The highest BCUT2D eigenvalue weighted by atomic mass is 32.2. The zero-order valence-corrected chi connectivity index (χ0v) is 19.8. The average Bonchev–Trinajstić information content (AvgIpc) is 2.98. The van der Waals surface area contributed by atoms with E-state index in [2.05, 4.69) is 4.72 Å². The standard InChI is InChI=1S/C22H30N2O6S/c1-13(2)23-31(27,28)21-11-17(8-9-20(21)29-7)22(26)30-12-19(25)18-10-15(5)24(14(3)4)16(18)6/h8-11,13-14,23H,12H2,1-7H3. The lowest BCUT2D eigenvalue weighted by molar-refractivity contribution is 0.0474. The van der Waals surface area contributed by atoms with Crippen LogP contribution >= 0.6 is 0 Å². The maximum atomic E-state index is 12.6. The quantitative estimate of drug-likeness (QED) is 0.464. The molecule has 0 radical (unpaired) electrons. The third-order valence-electron chi connectivity index (χ3n) is 4.72. The number of aryl methyl sites for hydroxylation is 1. The van der Waals surface area contributed by atoms with Crippen LogP contribution in [0.3, 0.4) is 0 Å². The number of benzene rings is 1. The number of rotatable bonds is 9. The summed E-state index contributed by atoms with van der Waals surface area (Å²) in [6.45, 7) is 10.7. The molecule has 0 aliphatic rings. The number of hydrogen-bond acceptors (Lipinski definition) is 6. The van der Waals surface area contributed by atoms with E-state index in [4.69, 9.17) is 9.47 Å². The highest BCUT2D eigenvalue weighted by Gasteiger charge is 2.24. The summed E-state index contributed by atoms with van der Waals surface area (Å²) < 4.78 is 39.9. The van der Waals surface area contributed by atoms with Crippen molar-refractivity contribution in [1.29, 1.82) is 0 Å². The van der Waals surface area contributed by atoms with Gasteiger partial charge in [-0.1, -0.05) is 0 Å². The topological polar surface area (TPSA) is 104 Å². The third kappa shape index (κ3) is 5.54. The number of Topliss-reactive ketones (excluding diaryl/α,β-unsaturated/α-hetero) is 1. The zero-order chi connectivity index (χ0) is 23.5. The first-order valence-electron chi connectivity index (χ1n) is 9.98. The first-order valence-corrected chi connectivity index (χ1v) is 11.5. The second-order valence-electron chi connectivity index (χ2n) is 7.89. The van der Waals surface area contributed by atoms with Gasteiger partial charge in [-0.15, -0.1) is 0 Å². The summed E-state index contributed by atoms with van der Waals surface area (Å²) in [5.41, 5.74) is 2.26. The summed E-state index contributed by atoms with van der Waals surface area (Å²) in [5, 5.41) is 0. The highest BCUT2D eigenvalue weighted by molar-refractivity contribution is 7.89. The molecule has 0 unspecified atom stereocenters. The molecule has 0 spiro atoms. The molecule has 1 aromatic carbocycles. The molecule has 8 nitrogen and oxygen atoms in total. The summed E-state index contributed by atoms with van der Waals surface area (Å²) in [6, 6.07) is 5.59. The van der Waals surface area contributed by atoms with Gasteiger partial charge < -0.3 is 14.0 Å². The lowest BCUT2D eigenvalue weighted by atomic mass is 10.1. The Balaban J connectivity index is 2.22. The van der Waals surface area contributed by atoms with Gasteiger partial charge in [0.25, 0.3) is 0 Å². The predicted octanol–water partition coefficient (Wildman–Crippen LogP) is 3.42. The van der Waals surface area contributed by atoms with Gasteiger partial charge in [0, 0.05) is 29.0 Å². The molecule has 31 heavy (non-hydrogen) atoms. The van der Waals surface area contributed by atoms with Crippen LogP contribution in [0.4, 0.5) is 0 Å². The molecule has 0 saturated heterocycles. The fourth-order valence-electron chi connectivity index (χ4n) is 3.53. The van der Waals surface area contributed by atoms with E-state index in [1.165, 1.54) is 25.3 Å². The van der Waals surface area contributed by atoms with Gasteiger partial charge in [0.15, 0.2) is 6.61 Å². The van der Waals surface area contributed by atoms with Gasteiger partial charge in [-0.25, -0.2) is 17.9 Å². The van der Waals surface area contributed by atoms with Crippen LogP contribution in [0.25, 0.3) is 0 Å². The molecule has 1 heterocycles. The number of sulfonamides is 1. The Labute approximate surface area is 183 Å². The predicted molar refractivity (Wildman–Crippen MR) is 117 cm³/mol. The van der Waals surface area contributed by atoms with Crippen LogP contribution in [-0.4, -0.2) is 44.5 Å². The van der Waals surface area contributed by atoms with Crippen molar-refractivity contribution in [1.82, 2.24) is 9.29 Å². The molecule has 0 saturated carbocycles. The monoisotopic (exact) mass is 450 g/mol. The normalized spacial score (nSPS) is 11.8. The number of esters is 1. The highest BCUT2D eigenvalue weighted by Crippen LogP contribution is 2.26. The van der Waals surface area contributed by atoms with Gasteiger partial charge in [0.1, 0.15) is 10.6 Å². The second-order valence-corrected chi connectivity index (χ2v) is 9.57. The Bertz CT molecular complexity index is 1080. The average molecular weight is 451 g/mol. The summed E-state index contributed by atoms with van der Waals surface area (Å²) in [7, 11) is -2.56. The number of ether oxygens (including phenoxy) is 2. The van der Waals surface area contributed by atoms with E-state index in [0.717, 1.165) is 11.4 Å². The van der Waals surface area contributed by atoms with Crippen molar-refractivity contribution < 1.29 is 27.5 Å². The molecule has 0 atom stereocenters. The van der Waals surface area contributed by atoms with Crippen LogP contribution in [0.15, 0.2) is 29.2 Å². The van der Waals surface area contributed by atoms with Crippen molar-refractivity contribution in [3.63, 3.8) is 0 Å². The summed E-state index contributed by atoms with van der Waals surface area (Å²) in [5.74, 6) is -1.02. The maximum Gasteiger partial charge on any atom is 0.338 e. The molecular weight excluding hydrogens is 420 g/mol. The number of ketones is 1. The largest absolute Gasteiger partial charge is 0.495 e. The number of methoxy groups -OCH3 is 1. The lowest BCUT2D eigenvalue weighted by Crippen LogP contribution is -2.30. The SMILES string of the molecule is COc1ccc(C(=O)OCC(=O)c2cc(C)n(C(C)C)c2C)cc1S(=O)(=O)NC(C)C. The van der Waals surface area contributed by atoms with Crippen LogP contribution in [-0.2, 0) is 14.8 Å². The minimum Gasteiger partial charge on any atom is -0.495 e. The van der Waals surface area contributed by atoms with Crippen molar-refractivity contribution in [2.75, 3.05) is 13.7 Å². The maximum absolute atomic E-state index is 12.6. The number of nitrogens with zero attached hydrogens (tertiary/aromatic N) is 1. The number of hydrogen-bond donors (Lipinski definition) is 1. The molecular formula is C22H30N2O6S. The van der Waals surface area contributed by atoms with E-state index in [-0.39, 0.29) is 34.1 Å². The minimum atomic E-state index is -3.90. The smallest absolute Gasteiger partial charge is 0.338 e. The lowest BCUT2D eigenvalue weighted by Gasteiger charge is -2.14. The van der Waals surface area contributed by atoms with E-state index >= 15 is 0 Å². The Hall–Kier alpha value is -2.65. The van der Waals surface area contributed by atoms with Gasteiger partial charge in [0.2, 0.25) is 15.8 Å². The molecule has 0 fully saturated rings. The first-order chi connectivity index (χ1) is 14.4. The van der Waals surface area contributed by atoms with Crippen LogP contribution in [0.5, 0.6) is 5.75 Å². The molecule has 2 aromatic rings. The second kappa shape index (κ2) is 9.65. The van der Waals surface area contributed by atoms with Crippen molar-refractivity contribution in [2.45, 2.75) is 58.5 Å². The van der Waals surface area contributed by atoms with E-state index in [9.17, 15) is 18.0 Å². The van der Waals surface area contributed by atoms with E-state index in [0.29, 0.717) is 5.56 Å². The fourth-order valence-corrected chi connectivity index (χ4v) is 4.98. The molecule has 2 rings (SSSR count). The van der Waals surface area contributed by atoms with Crippen molar-refractivity contribution in [2.24, 2.45) is 0 Å². The van der Waals surface area contributed by atoms with Gasteiger partial charge in [0.05, 0.1) is 12.7 Å². The minimum absolute atomic E-state index is 0.00499. The molecule has 1 aromatic heterocycles. The summed E-state index contributed by atoms with van der Waals surface area (Å²) in [4.78, 5) is 25.0. The van der Waals surface area contributed by atoms with Crippen LogP contribution in [0.2, 0.25) is 0 Å². The Kier molecular flexibility index (Phi) is 7.67. The van der Waals surface area contributed by atoms with Crippen molar-refractivity contribution >= 4 is 21.8 Å². The Morgan fingerprint density at radius 3 is 2.26 bits per heavy atom. The molecule has 0 aliphatic heterocycles. The Morgan fingerprint density at radius 1 is 1.10 bits per heavy atom.